The van der Waals surface area contributed by atoms with Gasteiger partial charge in [-0.15, -0.1) is 0 Å². The lowest BCUT2D eigenvalue weighted by Crippen LogP contribution is -2.04. The number of phenolic OH excluding ortho intramolecular Hbond substituents is 1. The highest BCUT2D eigenvalue weighted by Crippen LogP contribution is 2.31. The molecule has 1 N–H and O–H groups in total. The standard InChI is InChI=1S/C18H18O5/c1-21-13-4-5-14(16(20)11-13)15(19)9-12-3-6-17-18(10-12)23-8-2-7-22-17/h3-6,10-11,20H,2,7-9H2,1H3. The van der Waals surface area contributed by atoms with Gasteiger partial charge in [0.15, 0.2) is 17.3 Å². The van der Waals surface area contributed by atoms with Gasteiger partial charge in [0.05, 0.1) is 25.9 Å². The number of ketones is 1. The predicted octanol–water partition coefficient (Wildman–Crippen LogP) is 2.99. The summed E-state index contributed by atoms with van der Waals surface area (Å²) in [5, 5.41) is 9.95. The van der Waals surface area contributed by atoms with E-state index >= 15 is 0 Å². The van der Waals surface area contributed by atoms with Gasteiger partial charge in [-0.25, -0.2) is 0 Å². The van der Waals surface area contributed by atoms with Crippen molar-refractivity contribution in [3.63, 3.8) is 0 Å². The van der Waals surface area contributed by atoms with E-state index in [2.05, 4.69) is 0 Å². The molecule has 0 aliphatic carbocycles. The van der Waals surface area contributed by atoms with E-state index in [1.165, 1.54) is 13.2 Å². The topological polar surface area (TPSA) is 65.0 Å². The molecular weight excluding hydrogens is 296 g/mol. The lowest BCUT2D eigenvalue weighted by atomic mass is 10.0. The second-order valence-electron chi connectivity index (χ2n) is 5.31. The van der Waals surface area contributed by atoms with Crippen LogP contribution in [0.1, 0.15) is 22.3 Å². The molecule has 5 nitrogen and oxygen atoms in total. The van der Waals surface area contributed by atoms with Gasteiger partial charge in [0.25, 0.3) is 0 Å². The number of hydrogen-bond acceptors (Lipinski definition) is 5. The monoisotopic (exact) mass is 314 g/mol. The van der Waals surface area contributed by atoms with Gasteiger partial charge in [-0.2, -0.15) is 0 Å². The van der Waals surface area contributed by atoms with Crippen LogP contribution in [0.25, 0.3) is 0 Å². The number of methoxy groups -OCH3 is 1. The van der Waals surface area contributed by atoms with E-state index in [4.69, 9.17) is 14.2 Å². The maximum atomic E-state index is 12.4. The van der Waals surface area contributed by atoms with Gasteiger partial charge in [-0.3, -0.25) is 4.79 Å². The number of hydrogen-bond donors (Lipinski definition) is 1. The average molecular weight is 314 g/mol. The molecule has 0 saturated heterocycles. The van der Waals surface area contributed by atoms with Crippen molar-refractivity contribution in [1.29, 1.82) is 0 Å². The van der Waals surface area contributed by atoms with E-state index in [1.807, 2.05) is 18.2 Å². The molecule has 23 heavy (non-hydrogen) atoms. The van der Waals surface area contributed by atoms with Crippen molar-refractivity contribution in [3.05, 3.63) is 47.5 Å². The fraction of sp³-hybridized carbons (Fsp3) is 0.278. The molecule has 2 aromatic carbocycles. The highest BCUT2D eigenvalue weighted by molar-refractivity contribution is 6.00. The highest BCUT2D eigenvalue weighted by atomic mass is 16.5. The van der Waals surface area contributed by atoms with E-state index in [9.17, 15) is 9.90 Å². The summed E-state index contributed by atoms with van der Waals surface area (Å²) in [6, 6.07) is 10.1. The number of phenols is 1. The molecule has 0 aromatic heterocycles. The summed E-state index contributed by atoms with van der Waals surface area (Å²) in [7, 11) is 1.51. The molecule has 0 unspecified atom stereocenters. The maximum absolute atomic E-state index is 12.4. The lowest BCUT2D eigenvalue weighted by Gasteiger charge is -2.10. The lowest BCUT2D eigenvalue weighted by molar-refractivity contribution is 0.0990. The first-order valence-corrected chi connectivity index (χ1v) is 7.46. The average Bonchev–Trinajstić information content (AvgIpc) is 2.79. The Kier molecular flexibility index (Phi) is 4.37. The number of carbonyl (C=O) groups excluding carboxylic acids is 1. The largest absolute Gasteiger partial charge is 0.507 e. The fourth-order valence-electron chi connectivity index (χ4n) is 2.47. The predicted molar refractivity (Wildman–Crippen MR) is 84.7 cm³/mol. The second-order valence-corrected chi connectivity index (χ2v) is 5.31. The van der Waals surface area contributed by atoms with Crippen molar-refractivity contribution in [2.45, 2.75) is 12.8 Å². The number of carbonyl (C=O) groups is 1. The third-order valence-electron chi connectivity index (χ3n) is 3.68. The van der Waals surface area contributed by atoms with Crippen LogP contribution in [0.15, 0.2) is 36.4 Å². The van der Waals surface area contributed by atoms with Crippen molar-refractivity contribution in [2.24, 2.45) is 0 Å². The van der Waals surface area contributed by atoms with E-state index in [1.54, 1.807) is 12.1 Å². The summed E-state index contributed by atoms with van der Waals surface area (Å²) >= 11 is 0. The first-order valence-electron chi connectivity index (χ1n) is 7.46. The van der Waals surface area contributed by atoms with E-state index in [0.29, 0.717) is 30.5 Å². The summed E-state index contributed by atoms with van der Waals surface area (Å²) in [5.41, 5.74) is 1.09. The fourth-order valence-corrected chi connectivity index (χ4v) is 2.47. The molecule has 1 aliphatic heterocycles. The number of rotatable bonds is 4. The minimum absolute atomic E-state index is 0.0799. The Bertz CT molecular complexity index is 723. The van der Waals surface area contributed by atoms with Gasteiger partial charge in [0.2, 0.25) is 0 Å². The summed E-state index contributed by atoms with van der Waals surface area (Å²) in [6.45, 7) is 1.23. The summed E-state index contributed by atoms with van der Waals surface area (Å²) in [5.74, 6) is 1.62. The Hall–Kier alpha value is -2.69. The van der Waals surface area contributed by atoms with Crippen molar-refractivity contribution >= 4 is 5.78 Å². The molecule has 0 saturated carbocycles. The molecular formula is C18H18O5. The molecule has 0 atom stereocenters. The minimum Gasteiger partial charge on any atom is -0.507 e. The highest BCUT2D eigenvalue weighted by Gasteiger charge is 2.15. The number of fused-ring (bicyclic) bond motifs is 1. The van der Waals surface area contributed by atoms with Crippen LogP contribution in [0.3, 0.4) is 0 Å². The zero-order chi connectivity index (χ0) is 16.2. The number of Topliss-reactive ketones (excluding diaryl/α,β-unsaturated/α-hetero) is 1. The Labute approximate surface area is 134 Å². The summed E-state index contributed by atoms with van der Waals surface area (Å²) < 4.78 is 16.2. The van der Waals surface area contributed by atoms with Gasteiger partial charge in [0, 0.05) is 18.9 Å². The van der Waals surface area contributed by atoms with Crippen molar-refractivity contribution in [1.82, 2.24) is 0 Å². The van der Waals surface area contributed by atoms with Crippen LogP contribution >= 0.6 is 0 Å². The molecule has 0 radical (unpaired) electrons. The van der Waals surface area contributed by atoms with E-state index < -0.39 is 0 Å². The third-order valence-corrected chi connectivity index (χ3v) is 3.68. The SMILES string of the molecule is COc1ccc(C(=O)Cc2ccc3c(c2)OCCCO3)c(O)c1. The van der Waals surface area contributed by atoms with Crippen molar-refractivity contribution in [3.8, 4) is 23.0 Å². The zero-order valence-corrected chi connectivity index (χ0v) is 12.9. The molecule has 1 aliphatic rings. The first-order chi connectivity index (χ1) is 11.2. The molecule has 2 aromatic rings. The van der Waals surface area contributed by atoms with Gasteiger partial charge < -0.3 is 19.3 Å². The maximum Gasteiger partial charge on any atom is 0.170 e. The normalized spacial score (nSPS) is 13.3. The smallest absolute Gasteiger partial charge is 0.170 e. The second kappa shape index (κ2) is 6.60. The molecule has 120 valence electrons. The Morgan fingerprint density at radius 2 is 1.91 bits per heavy atom. The molecule has 3 rings (SSSR count). The van der Waals surface area contributed by atoms with Crippen molar-refractivity contribution in [2.75, 3.05) is 20.3 Å². The van der Waals surface area contributed by atoms with Crippen LogP contribution < -0.4 is 14.2 Å². The Morgan fingerprint density at radius 1 is 1.13 bits per heavy atom. The molecule has 0 fully saturated rings. The number of aromatic hydroxyl groups is 1. The van der Waals surface area contributed by atoms with Crippen LogP contribution in [-0.4, -0.2) is 31.2 Å². The molecule has 1 heterocycles. The number of benzene rings is 2. The third kappa shape index (κ3) is 3.39. The molecule has 0 amide bonds. The van der Waals surface area contributed by atoms with E-state index in [0.717, 1.165) is 12.0 Å². The van der Waals surface area contributed by atoms with Gasteiger partial charge in [0.1, 0.15) is 11.5 Å². The zero-order valence-electron chi connectivity index (χ0n) is 12.9. The van der Waals surface area contributed by atoms with Crippen molar-refractivity contribution < 1.29 is 24.1 Å². The van der Waals surface area contributed by atoms with E-state index in [-0.39, 0.29) is 23.5 Å². The van der Waals surface area contributed by atoms with Crippen LogP contribution in [-0.2, 0) is 6.42 Å². The summed E-state index contributed by atoms with van der Waals surface area (Å²) in [6.07, 6.45) is 1.01. The van der Waals surface area contributed by atoms with Crippen LogP contribution in [0.2, 0.25) is 0 Å². The van der Waals surface area contributed by atoms with Gasteiger partial charge in [-0.05, 0) is 29.8 Å². The van der Waals surface area contributed by atoms with Crippen LogP contribution in [0.5, 0.6) is 23.0 Å². The molecule has 0 bridgehead atoms. The van der Waals surface area contributed by atoms with Gasteiger partial charge in [-0.1, -0.05) is 6.07 Å². The van der Waals surface area contributed by atoms with Crippen LogP contribution in [0, 0.1) is 0 Å². The Morgan fingerprint density at radius 3 is 2.65 bits per heavy atom. The first kappa shape index (κ1) is 15.2. The number of ether oxygens (including phenoxy) is 3. The quantitative estimate of drug-likeness (QED) is 0.879. The van der Waals surface area contributed by atoms with Crippen LogP contribution in [0.4, 0.5) is 0 Å². The Balaban J connectivity index is 1.79. The summed E-state index contributed by atoms with van der Waals surface area (Å²) in [4.78, 5) is 12.4. The van der Waals surface area contributed by atoms with Gasteiger partial charge >= 0.3 is 0 Å². The molecule has 0 spiro atoms. The molecule has 5 heteroatoms. The minimum atomic E-state index is -0.167.